The van der Waals surface area contributed by atoms with E-state index in [0.29, 0.717) is 12.3 Å². The lowest BCUT2D eigenvalue weighted by molar-refractivity contribution is -0.139. The molecule has 1 aromatic rings. The van der Waals surface area contributed by atoms with Crippen LogP contribution in [0.15, 0.2) is 24.3 Å². The van der Waals surface area contributed by atoms with Crippen LogP contribution >= 0.6 is 0 Å². The quantitative estimate of drug-likeness (QED) is 0.903. The number of hydrogen-bond acceptors (Lipinski definition) is 3. The van der Waals surface area contributed by atoms with E-state index in [0.717, 1.165) is 11.1 Å². The maximum atomic E-state index is 12.4. The molecular formula is C15H21NO4S. The summed E-state index contributed by atoms with van der Waals surface area (Å²) < 4.78 is 26.1. The second-order valence-corrected chi connectivity index (χ2v) is 7.97. The highest BCUT2D eigenvalue weighted by molar-refractivity contribution is 7.89. The number of aliphatic carboxylic acids is 1. The molecule has 1 atom stereocenters. The SMILES string of the molecule is CC(C)CCS(=O)(=O)N1Cc2ccccc2C(C(=O)O)C1. The van der Waals surface area contributed by atoms with Crippen molar-refractivity contribution in [1.82, 2.24) is 4.31 Å². The van der Waals surface area contributed by atoms with E-state index >= 15 is 0 Å². The molecule has 0 saturated carbocycles. The molecule has 21 heavy (non-hydrogen) atoms. The molecule has 2 rings (SSSR count). The van der Waals surface area contributed by atoms with Crippen molar-refractivity contribution in [3.8, 4) is 0 Å². The Labute approximate surface area is 125 Å². The maximum absolute atomic E-state index is 12.4. The van der Waals surface area contributed by atoms with Crippen molar-refractivity contribution in [2.24, 2.45) is 5.92 Å². The van der Waals surface area contributed by atoms with Gasteiger partial charge < -0.3 is 5.11 Å². The van der Waals surface area contributed by atoms with Crippen molar-refractivity contribution in [2.45, 2.75) is 32.7 Å². The molecule has 0 bridgehead atoms. The molecule has 0 aromatic heterocycles. The summed E-state index contributed by atoms with van der Waals surface area (Å²) >= 11 is 0. The number of carboxylic acid groups (broad SMARTS) is 1. The molecule has 1 heterocycles. The van der Waals surface area contributed by atoms with E-state index in [1.165, 1.54) is 4.31 Å². The van der Waals surface area contributed by atoms with E-state index in [9.17, 15) is 18.3 Å². The minimum Gasteiger partial charge on any atom is -0.481 e. The second kappa shape index (κ2) is 6.15. The van der Waals surface area contributed by atoms with Crippen LogP contribution in [0.5, 0.6) is 0 Å². The lowest BCUT2D eigenvalue weighted by Gasteiger charge is -2.32. The van der Waals surface area contributed by atoms with Gasteiger partial charge in [-0.1, -0.05) is 38.1 Å². The highest BCUT2D eigenvalue weighted by atomic mass is 32.2. The van der Waals surface area contributed by atoms with Gasteiger partial charge in [0.25, 0.3) is 0 Å². The first-order chi connectivity index (χ1) is 9.81. The summed E-state index contributed by atoms with van der Waals surface area (Å²) in [6.45, 7) is 4.23. The van der Waals surface area contributed by atoms with E-state index < -0.39 is 21.9 Å². The van der Waals surface area contributed by atoms with E-state index in [2.05, 4.69) is 0 Å². The number of carboxylic acids is 1. The van der Waals surface area contributed by atoms with Crippen LogP contribution in [0.1, 0.15) is 37.3 Å². The van der Waals surface area contributed by atoms with Gasteiger partial charge in [0.2, 0.25) is 10.0 Å². The summed E-state index contributed by atoms with van der Waals surface area (Å²) in [4.78, 5) is 11.4. The molecule has 6 heteroatoms. The van der Waals surface area contributed by atoms with Crippen LogP contribution in [0.3, 0.4) is 0 Å². The van der Waals surface area contributed by atoms with Crippen LogP contribution in [0, 0.1) is 5.92 Å². The average Bonchev–Trinajstić information content (AvgIpc) is 2.44. The number of sulfonamides is 1. The number of benzene rings is 1. The Balaban J connectivity index is 2.27. The average molecular weight is 311 g/mol. The third-order valence-electron chi connectivity index (χ3n) is 3.81. The fraction of sp³-hybridized carbons (Fsp3) is 0.533. The van der Waals surface area contributed by atoms with Crippen LogP contribution in [-0.4, -0.2) is 36.1 Å². The standard InChI is InChI=1S/C15H21NO4S/c1-11(2)7-8-21(19,20)16-9-12-5-3-4-6-13(12)14(10-16)15(17)18/h3-6,11,14H,7-10H2,1-2H3,(H,17,18). The molecule has 5 nitrogen and oxygen atoms in total. The van der Waals surface area contributed by atoms with Gasteiger partial charge in [-0.25, -0.2) is 8.42 Å². The van der Waals surface area contributed by atoms with Crippen molar-refractivity contribution in [3.63, 3.8) is 0 Å². The Bertz CT molecular complexity index is 624. The lowest BCUT2D eigenvalue weighted by Crippen LogP contribution is -2.41. The molecule has 0 saturated heterocycles. The number of nitrogens with zero attached hydrogens (tertiary/aromatic N) is 1. The second-order valence-electron chi connectivity index (χ2n) is 5.88. The predicted octanol–water partition coefficient (Wildman–Crippen LogP) is 2.05. The molecule has 0 amide bonds. The Kier molecular flexibility index (Phi) is 4.68. The summed E-state index contributed by atoms with van der Waals surface area (Å²) in [5.74, 6) is -1.40. The van der Waals surface area contributed by atoms with Gasteiger partial charge in [-0.15, -0.1) is 0 Å². The summed E-state index contributed by atoms with van der Waals surface area (Å²) in [6.07, 6.45) is 0.582. The van der Waals surface area contributed by atoms with Crippen LogP contribution < -0.4 is 0 Å². The molecule has 0 spiro atoms. The zero-order chi connectivity index (χ0) is 15.6. The summed E-state index contributed by atoms with van der Waals surface area (Å²) in [6, 6.07) is 7.17. The monoisotopic (exact) mass is 311 g/mol. The van der Waals surface area contributed by atoms with Crippen LogP contribution in [0.4, 0.5) is 0 Å². The lowest BCUT2D eigenvalue weighted by atomic mass is 9.91. The molecule has 0 fully saturated rings. The first-order valence-corrected chi connectivity index (χ1v) is 8.70. The summed E-state index contributed by atoms with van der Waals surface area (Å²) in [5.41, 5.74) is 1.50. The molecule has 1 N–H and O–H groups in total. The van der Waals surface area contributed by atoms with Crippen LogP contribution in [0.25, 0.3) is 0 Å². The fourth-order valence-electron chi connectivity index (χ4n) is 2.51. The predicted molar refractivity (Wildman–Crippen MR) is 80.5 cm³/mol. The van der Waals surface area contributed by atoms with Crippen molar-refractivity contribution >= 4 is 16.0 Å². The fourth-order valence-corrected chi connectivity index (χ4v) is 4.25. The van der Waals surface area contributed by atoms with Crippen molar-refractivity contribution in [2.75, 3.05) is 12.3 Å². The van der Waals surface area contributed by atoms with Gasteiger partial charge in [0, 0.05) is 13.1 Å². The number of rotatable bonds is 5. The third-order valence-corrected chi connectivity index (χ3v) is 5.62. The maximum Gasteiger partial charge on any atom is 0.312 e. The minimum absolute atomic E-state index is 0.0206. The van der Waals surface area contributed by atoms with E-state index in [1.54, 1.807) is 18.2 Å². The van der Waals surface area contributed by atoms with Gasteiger partial charge >= 0.3 is 5.97 Å². The van der Waals surface area contributed by atoms with Gasteiger partial charge in [0.15, 0.2) is 0 Å². The van der Waals surface area contributed by atoms with Crippen LogP contribution in [-0.2, 0) is 21.4 Å². The number of fused-ring (bicyclic) bond motifs is 1. The van der Waals surface area contributed by atoms with Gasteiger partial charge in [-0.05, 0) is 23.5 Å². The molecule has 1 unspecified atom stereocenters. The zero-order valence-corrected chi connectivity index (χ0v) is 13.1. The topological polar surface area (TPSA) is 74.7 Å². The van der Waals surface area contributed by atoms with E-state index in [1.807, 2.05) is 19.9 Å². The highest BCUT2D eigenvalue weighted by Gasteiger charge is 2.35. The first-order valence-electron chi connectivity index (χ1n) is 7.09. The molecule has 0 radical (unpaired) electrons. The molecule has 1 aliphatic rings. The third kappa shape index (κ3) is 3.63. The van der Waals surface area contributed by atoms with Gasteiger partial charge in [0.1, 0.15) is 0 Å². The molecule has 116 valence electrons. The normalized spacial score (nSPS) is 19.5. The molecule has 1 aliphatic heterocycles. The van der Waals surface area contributed by atoms with Gasteiger partial charge in [-0.3, -0.25) is 4.79 Å². The van der Waals surface area contributed by atoms with Crippen molar-refractivity contribution in [1.29, 1.82) is 0 Å². The van der Waals surface area contributed by atoms with Crippen molar-refractivity contribution in [3.05, 3.63) is 35.4 Å². The number of hydrogen-bond donors (Lipinski definition) is 1. The molecule has 0 aliphatic carbocycles. The van der Waals surface area contributed by atoms with E-state index in [-0.39, 0.29) is 18.8 Å². The largest absolute Gasteiger partial charge is 0.481 e. The summed E-state index contributed by atoms with van der Waals surface area (Å²) in [7, 11) is -3.42. The van der Waals surface area contributed by atoms with E-state index in [4.69, 9.17) is 0 Å². The first kappa shape index (κ1) is 16.0. The highest BCUT2D eigenvalue weighted by Crippen LogP contribution is 2.30. The van der Waals surface area contributed by atoms with Crippen molar-refractivity contribution < 1.29 is 18.3 Å². The Morgan fingerprint density at radius 2 is 2.05 bits per heavy atom. The number of carbonyl (C=O) groups is 1. The van der Waals surface area contributed by atoms with Gasteiger partial charge in [0.05, 0.1) is 11.7 Å². The molecular weight excluding hydrogens is 290 g/mol. The Morgan fingerprint density at radius 1 is 1.38 bits per heavy atom. The molecule has 1 aromatic carbocycles. The Hall–Kier alpha value is -1.40. The summed E-state index contributed by atoms with van der Waals surface area (Å²) in [5, 5.41) is 9.37. The smallest absolute Gasteiger partial charge is 0.312 e. The minimum atomic E-state index is -3.42. The van der Waals surface area contributed by atoms with Gasteiger partial charge in [-0.2, -0.15) is 4.31 Å². The van der Waals surface area contributed by atoms with Crippen LogP contribution in [0.2, 0.25) is 0 Å². The zero-order valence-electron chi connectivity index (χ0n) is 12.3. The Morgan fingerprint density at radius 3 is 2.67 bits per heavy atom.